The maximum absolute atomic E-state index is 13.1. The van der Waals surface area contributed by atoms with Crippen LogP contribution in [0.25, 0.3) is 0 Å². The molecular formula is C29H43N2O7. The number of carbonyl (C=O) groups is 4. The Hall–Kier alpha value is -3.07. The standard InChI is InChI=1S/C29H43N2O7/c30-22-23-17-19-24(20-18-23)28(36)31(25(29(37)38)14-13-21-32)26(33)15-11-9-7-5-3-1-2-4-6-8-10-12-16-27(34)35/h17-20,25H,1-16,22,30H2,(H,34,35)(H,37,38)/t25-/m0/s1. The second-order valence-corrected chi connectivity index (χ2v) is 9.64. The molecule has 0 unspecified atom stereocenters. The average Bonchev–Trinajstić information content (AvgIpc) is 2.90. The number of hydrogen-bond donors (Lipinski definition) is 3. The smallest absolute Gasteiger partial charge is 0.326 e. The Morgan fingerprint density at radius 1 is 0.763 bits per heavy atom. The maximum atomic E-state index is 13.1. The van der Waals surface area contributed by atoms with Crippen molar-refractivity contribution >= 4 is 30.0 Å². The third-order valence-corrected chi connectivity index (χ3v) is 6.57. The Bertz CT molecular complexity index is 870. The number of unbranched alkanes of at least 4 members (excludes halogenated alkanes) is 11. The van der Waals surface area contributed by atoms with Gasteiger partial charge in [0, 0.05) is 31.4 Å². The van der Waals surface area contributed by atoms with Crippen LogP contribution in [0.15, 0.2) is 24.3 Å². The predicted molar refractivity (Wildman–Crippen MR) is 144 cm³/mol. The van der Waals surface area contributed by atoms with E-state index in [4.69, 9.17) is 10.8 Å². The molecule has 1 rings (SSSR count). The number of carboxylic acids is 2. The largest absolute Gasteiger partial charge is 0.481 e. The van der Waals surface area contributed by atoms with Gasteiger partial charge in [0.25, 0.3) is 5.91 Å². The summed E-state index contributed by atoms with van der Waals surface area (Å²) in [7, 11) is 0. The Labute approximate surface area is 225 Å². The number of carboxylic acid groups (broad SMARTS) is 2. The van der Waals surface area contributed by atoms with Crippen molar-refractivity contribution in [1.82, 2.24) is 4.90 Å². The topological polar surface area (TPSA) is 155 Å². The number of aliphatic carboxylic acids is 2. The van der Waals surface area contributed by atoms with Crippen LogP contribution in [-0.4, -0.2) is 51.2 Å². The number of amides is 2. The first-order valence-corrected chi connectivity index (χ1v) is 13.8. The van der Waals surface area contributed by atoms with Gasteiger partial charge in [0.2, 0.25) is 5.91 Å². The summed E-state index contributed by atoms with van der Waals surface area (Å²) in [5, 5.41) is 18.3. The van der Waals surface area contributed by atoms with E-state index in [1.54, 1.807) is 18.4 Å². The summed E-state index contributed by atoms with van der Waals surface area (Å²) < 4.78 is 0. The molecule has 9 heteroatoms. The number of benzene rings is 1. The fraction of sp³-hybridized carbons (Fsp3) is 0.621. The van der Waals surface area contributed by atoms with Crippen molar-refractivity contribution in [1.29, 1.82) is 0 Å². The number of nitrogens with two attached hydrogens (primary N) is 1. The van der Waals surface area contributed by atoms with E-state index in [0.717, 1.165) is 81.1 Å². The lowest BCUT2D eigenvalue weighted by Gasteiger charge is -2.27. The minimum absolute atomic E-state index is 0.0586. The zero-order valence-corrected chi connectivity index (χ0v) is 22.4. The summed E-state index contributed by atoms with van der Waals surface area (Å²) in [4.78, 5) is 60.0. The van der Waals surface area contributed by atoms with Crippen molar-refractivity contribution in [3.63, 3.8) is 0 Å². The first-order chi connectivity index (χ1) is 18.3. The summed E-state index contributed by atoms with van der Waals surface area (Å²) in [6.45, 7) is 0.292. The molecule has 0 saturated carbocycles. The summed E-state index contributed by atoms with van der Waals surface area (Å²) in [6.07, 6.45) is 13.5. The van der Waals surface area contributed by atoms with Crippen LogP contribution in [0.5, 0.6) is 0 Å². The fourth-order valence-electron chi connectivity index (χ4n) is 4.35. The summed E-state index contributed by atoms with van der Waals surface area (Å²) in [6, 6.07) is 4.94. The normalized spacial score (nSPS) is 11.6. The van der Waals surface area contributed by atoms with Crippen LogP contribution in [0.4, 0.5) is 0 Å². The predicted octanol–water partition coefficient (Wildman–Crippen LogP) is 5.00. The molecule has 0 aliphatic carbocycles. The lowest BCUT2D eigenvalue weighted by molar-refractivity contribution is -0.148. The molecule has 1 radical (unpaired) electrons. The SMILES string of the molecule is NCc1ccc(C(=O)N(C(=O)CCCCCCCCCCCCCCC(=O)O)[C@@H](CC[C]=O)C(=O)O)cc1. The van der Waals surface area contributed by atoms with Crippen molar-refractivity contribution in [2.24, 2.45) is 5.73 Å². The number of imide groups is 1. The van der Waals surface area contributed by atoms with Gasteiger partial charge < -0.3 is 15.9 Å². The van der Waals surface area contributed by atoms with E-state index < -0.39 is 29.8 Å². The molecule has 0 aliphatic heterocycles. The molecule has 0 heterocycles. The Kier molecular flexibility index (Phi) is 17.3. The molecule has 38 heavy (non-hydrogen) atoms. The van der Waals surface area contributed by atoms with E-state index in [1.807, 2.05) is 0 Å². The van der Waals surface area contributed by atoms with Gasteiger partial charge in [-0.15, -0.1) is 0 Å². The highest BCUT2D eigenvalue weighted by Crippen LogP contribution is 2.18. The highest BCUT2D eigenvalue weighted by molar-refractivity contribution is 6.07. The van der Waals surface area contributed by atoms with Gasteiger partial charge in [0.15, 0.2) is 6.29 Å². The third-order valence-electron chi connectivity index (χ3n) is 6.57. The van der Waals surface area contributed by atoms with Crippen molar-refractivity contribution in [3.8, 4) is 0 Å². The minimum Gasteiger partial charge on any atom is -0.481 e. The van der Waals surface area contributed by atoms with Crippen LogP contribution >= 0.6 is 0 Å². The molecule has 2 amide bonds. The summed E-state index contributed by atoms with van der Waals surface area (Å²) in [5.41, 5.74) is 6.59. The van der Waals surface area contributed by atoms with Gasteiger partial charge in [-0.25, -0.2) is 4.79 Å². The zero-order chi connectivity index (χ0) is 28.2. The number of rotatable bonds is 22. The molecule has 4 N–H and O–H groups in total. The van der Waals surface area contributed by atoms with Gasteiger partial charge >= 0.3 is 11.9 Å². The van der Waals surface area contributed by atoms with Gasteiger partial charge in [-0.2, -0.15) is 0 Å². The van der Waals surface area contributed by atoms with Crippen LogP contribution in [0, 0.1) is 0 Å². The second-order valence-electron chi connectivity index (χ2n) is 9.64. The third kappa shape index (κ3) is 13.5. The van der Waals surface area contributed by atoms with E-state index >= 15 is 0 Å². The number of carbonyl (C=O) groups excluding carboxylic acids is 3. The molecule has 211 valence electrons. The van der Waals surface area contributed by atoms with E-state index in [-0.39, 0.29) is 31.2 Å². The highest BCUT2D eigenvalue weighted by atomic mass is 16.4. The molecule has 0 aromatic heterocycles. The Balaban J connectivity index is 2.44. The lowest BCUT2D eigenvalue weighted by Crippen LogP contribution is -2.48. The van der Waals surface area contributed by atoms with Crippen molar-refractivity contribution in [2.45, 2.75) is 115 Å². The number of nitrogens with zero attached hydrogens (tertiary/aromatic N) is 1. The van der Waals surface area contributed by atoms with Crippen molar-refractivity contribution < 1.29 is 34.2 Å². The molecule has 0 fully saturated rings. The van der Waals surface area contributed by atoms with Crippen molar-refractivity contribution in [3.05, 3.63) is 35.4 Å². The molecule has 1 aromatic carbocycles. The molecular weight excluding hydrogens is 488 g/mol. The van der Waals surface area contributed by atoms with Crippen LogP contribution in [0.3, 0.4) is 0 Å². The molecule has 9 nitrogen and oxygen atoms in total. The molecule has 0 bridgehead atoms. The van der Waals surface area contributed by atoms with Gasteiger partial charge in [0.05, 0.1) is 0 Å². The van der Waals surface area contributed by atoms with E-state index in [2.05, 4.69) is 0 Å². The van der Waals surface area contributed by atoms with Gasteiger partial charge in [-0.05, 0) is 37.0 Å². The Morgan fingerprint density at radius 2 is 1.24 bits per heavy atom. The minimum atomic E-state index is -1.43. The maximum Gasteiger partial charge on any atom is 0.326 e. The Morgan fingerprint density at radius 3 is 1.66 bits per heavy atom. The molecule has 1 atom stereocenters. The molecule has 0 aliphatic rings. The summed E-state index contributed by atoms with van der Waals surface area (Å²) >= 11 is 0. The van der Waals surface area contributed by atoms with Gasteiger partial charge in [0.1, 0.15) is 6.04 Å². The van der Waals surface area contributed by atoms with E-state index in [9.17, 15) is 29.1 Å². The van der Waals surface area contributed by atoms with Crippen LogP contribution < -0.4 is 5.73 Å². The van der Waals surface area contributed by atoms with E-state index in [1.165, 1.54) is 12.1 Å². The van der Waals surface area contributed by atoms with Crippen LogP contribution in [0.2, 0.25) is 0 Å². The average molecular weight is 532 g/mol. The fourth-order valence-corrected chi connectivity index (χ4v) is 4.35. The summed E-state index contributed by atoms with van der Waals surface area (Å²) in [5.74, 6) is -3.31. The quantitative estimate of drug-likeness (QED) is 0.176. The molecule has 0 saturated heterocycles. The van der Waals surface area contributed by atoms with Crippen LogP contribution in [0.1, 0.15) is 119 Å². The van der Waals surface area contributed by atoms with Crippen molar-refractivity contribution in [2.75, 3.05) is 0 Å². The van der Waals surface area contributed by atoms with Gasteiger partial charge in [-0.1, -0.05) is 76.3 Å². The van der Waals surface area contributed by atoms with Crippen LogP contribution in [-0.2, 0) is 25.7 Å². The molecule has 0 spiro atoms. The zero-order valence-electron chi connectivity index (χ0n) is 22.4. The lowest BCUT2D eigenvalue weighted by atomic mass is 10.0. The first-order valence-electron chi connectivity index (χ1n) is 13.8. The van der Waals surface area contributed by atoms with Gasteiger partial charge in [-0.3, -0.25) is 24.1 Å². The van der Waals surface area contributed by atoms with E-state index in [0.29, 0.717) is 13.0 Å². The number of hydrogen-bond acceptors (Lipinski definition) is 6. The highest BCUT2D eigenvalue weighted by Gasteiger charge is 2.34. The first kappa shape index (κ1) is 33.0. The second kappa shape index (κ2) is 20.0. The molecule has 1 aromatic rings. The monoisotopic (exact) mass is 531 g/mol.